The molecule has 1 saturated heterocycles. The van der Waals surface area contributed by atoms with Crippen molar-refractivity contribution in [1.29, 1.82) is 0 Å². The fourth-order valence-electron chi connectivity index (χ4n) is 2.60. The number of rotatable bonds is 2. The molecule has 0 bridgehead atoms. The first-order valence-electron chi connectivity index (χ1n) is 6.38. The van der Waals surface area contributed by atoms with Gasteiger partial charge in [-0.2, -0.15) is 0 Å². The summed E-state index contributed by atoms with van der Waals surface area (Å²) in [6, 6.07) is 0.437. The zero-order valence-corrected chi connectivity index (χ0v) is 11.3. The van der Waals surface area contributed by atoms with Crippen molar-refractivity contribution in [2.75, 3.05) is 26.7 Å². The van der Waals surface area contributed by atoms with Crippen LogP contribution in [0.3, 0.4) is 0 Å². The van der Waals surface area contributed by atoms with Crippen molar-refractivity contribution in [3.63, 3.8) is 0 Å². The molecule has 1 amide bonds. The lowest BCUT2D eigenvalue weighted by atomic mass is 9.94. The summed E-state index contributed by atoms with van der Waals surface area (Å²) in [5.41, 5.74) is 0. The molecule has 4 nitrogen and oxygen atoms in total. The number of carbonyl (C=O) groups is 1. The Balaban J connectivity index is 0.00000144. The fraction of sp³-hybridized carbons (Fsp3) is 0.917. The molecule has 1 N–H and O–H groups in total. The Morgan fingerprint density at radius 2 is 2.00 bits per heavy atom. The van der Waals surface area contributed by atoms with Crippen LogP contribution in [0.4, 0.5) is 0 Å². The molecule has 1 saturated carbocycles. The van der Waals surface area contributed by atoms with Gasteiger partial charge in [-0.25, -0.2) is 0 Å². The van der Waals surface area contributed by atoms with E-state index >= 15 is 0 Å². The van der Waals surface area contributed by atoms with E-state index in [1.165, 1.54) is 19.3 Å². The summed E-state index contributed by atoms with van der Waals surface area (Å²) in [6.07, 6.45) is 5.88. The third-order valence-electron chi connectivity index (χ3n) is 3.67. The minimum atomic E-state index is -0.263. The van der Waals surface area contributed by atoms with Gasteiger partial charge in [0.1, 0.15) is 6.10 Å². The molecule has 2 fully saturated rings. The van der Waals surface area contributed by atoms with Gasteiger partial charge in [0, 0.05) is 26.2 Å². The second-order valence-corrected chi connectivity index (χ2v) is 4.80. The lowest BCUT2D eigenvalue weighted by Crippen LogP contribution is -2.51. The molecule has 0 spiro atoms. The minimum absolute atomic E-state index is 0. The standard InChI is InChI=1S/C12H22N2O2.ClH/c1-14(10-5-3-2-4-6-10)12(15)11-9-13-7-8-16-11;/h10-11,13H,2-9H2,1H3;1H. The van der Waals surface area contributed by atoms with Crippen LogP contribution >= 0.6 is 12.4 Å². The van der Waals surface area contributed by atoms with Crippen molar-refractivity contribution in [1.82, 2.24) is 10.2 Å². The minimum Gasteiger partial charge on any atom is -0.366 e. The van der Waals surface area contributed by atoms with Crippen LogP contribution in [0, 0.1) is 0 Å². The van der Waals surface area contributed by atoms with Crippen molar-refractivity contribution < 1.29 is 9.53 Å². The second kappa shape index (κ2) is 7.19. The topological polar surface area (TPSA) is 41.6 Å². The summed E-state index contributed by atoms with van der Waals surface area (Å²) >= 11 is 0. The van der Waals surface area contributed by atoms with Gasteiger partial charge >= 0.3 is 0 Å². The lowest BCUT2D eigenvalue weighted by molar-refractivity contribution is -0.146. The summed E-state index contributed by atoms with van der Waals surface area (Å²) in [4.78, 5) is 14.1. The number of halogens is 1. The number of hydrogen-bond donors (Lipinski definition) is 1. The predicted molar refractivity (Wildman–Crippen MR) is 69.5 cm³/mol. The molecule has 0 aromatic carbocycles. The number of hydrogen-bond acceptors (Lipinski definition) is 3. The Hall–Kier alpha value is -0.320. The Kier molecular flexibility index (Phi) is 6.23. The quantitative estimate of drug-likeness (QED) is 0.813. The van der Waals surface area contributed by atoms with E-state index in [4.69, 9.17) is 4.74 Å². The zero-order valence-electron chi connectivity index (χ0n) is 10.5. The maximum Gasteiger partial charge on any atom is 0.253 e. The largest absolute Gasteiger partial charge is 0.366 e. The van der Waals surface area contributed by atoms with E-state index in [9.17, 15) is 4.79 Å². The molecular formula is C12H23ClN2O2. The fourth-order valence-corrected chi connectivity index (χ4v) is 2.60. The molecule has 1 heterocycles. The first kappa shape index (κ1) is 14.7. The van der Waals surface area contributed by atoms with Gasteiger partial charge in [-0.3, -0.25) is 4.79 Å². The number of likely N-dealkylation sites (N-methyl/N-ethyl adjacent to an activating group) is 1. The van der Waals surface area contributed by atoms with Crippen LogP contribution < -0.4 is 5.32 Å². The Bertz CT molecular complexity index is 239. The van der Waals surface area contributed by atoms with Gasteiger partial charge in [0.2, 0.25) is 0 Å². The summed E-state index contributed by atoms with van der Waals surface area (Å²) in [7, 11) is 1.93. The molecule has 0 radical (unpaired) electrons. The van der Waals surface area contributed by atoms with Crippen LogP contribution in [0.1, 0.15) is 32.1 Å². The molecule has 2 aliphatic rings. The van der Waals surface area contributed by atoms with Crippen LogP contribution in [0.25, 0.3) is 0 Å². The predicted octanol–water partition coefficient (Wildman–Crippen LogP) is 1.19. The third-order valence-corrected chi connectivity index (χ3v) is 3.67. The highest BCUT2D eigenvalue weighted by molar-refractivity contribution is 5.85. The Morgan fingerprint density at radius 1 is 1.29 bits per heavy atom. The normalized spacial score (nSPS) is 26.1. The number of nitrogens with one attached hydrogen (secondary N) is 1. The van der Waals surface area contributed by atoms with Gasteiger partial charge in [0.05, 0.1) is 6.61 Å². The van der Waals surface area contributed by atoms with Crippen LogP contribution in [0.2, 0.25) is 0 Å². The molecule has 1 atom stereocenters. The maximum absolute atomic E-state index is 12.2. The van der Waals surface area contributed by atoms with Crippen molar-refractivity contribution in [3.05, 3.63) is 0 Å². The highest BCUT2D eigenvalue weighted by atomic mass is 35.5. The number of carbonyl (C=O) groups excluding carboxylic acids is 1. The molecule has 100 valence electrons. The molecule has 0 aromatic rings. The monoisotopic (exact) mass is 262 g/mol. The molecule has 1 unspecified atom stereocenters. The van der Waals surface area contributed by atoms with Gasteiger partial charge in [-0.05, 0) is 12.8 Å². The first-order valence-corrected chi connectivity index (χ1v) is 6.38. The summed E-state index contributed by atoms with van der Waals surface area (Å²) in [5.74, 6) is 0.152. The molecule has 17 heavy (non-hydrogen) atoms. The van der Waals surface area contributed by atoms with E-state index in [0.29, 0.717) is 19.2 Å². The van der Waals surface area contributed by atoms with Crippen LogP contribution in [0.5, 0.6) is 0 Å². The Labute approximate surface area is 109 Å². The third kappa shape index (κ3) is 3.83. The van der Waals surface area contributed by atoms with Crippen molar-refractivity contribution in [3.8, 4) is 0 Å². The van der Waals surface area contributed by atoms with Crippen LogP contribution in [0.15, 0.2) is 0 Å². The van der Waals surface area contributed by atoms with Gasteiger partial charge in [0.15, 0.2) is 0 Å². The highest BCUT2D eigenvalue weighted by Crippen LogP contribution is 2.22. The van der Waals surface area contributed by atoms with Crippen molar-refractivity contribution in [2.45, 2.75) is 44.2 Å². The Morgan fingerprint density at radius 3 is 2.59 bits per heavy atom. The summed E-state index contributed by atoms with van der Waals surface area (Å²) < 4.78 is 5.50. The van der Waals surface area contributed by atoms with Crippen LogP contribution in [-0.4, -0.2) is 49.7 Å². The SMILES string of the molecule is CN(C(=O)C1CNCCO1)C1CCCCC1.Cl. The molecule has 1 aliphatic heterocycles. The van der Waals surface area contributed by atoms with Gasteiger partial charge in [0.25, 0.3) is 5.91 Å². The summed E-state index contributed by atoms with van der Waals surface area (Å²) in [5, 5.41) is 3.20. The number of amides is 1. The number of morpholine rings is 1. The van der Waals surface area contributed by atoms with Crippen LogP contribution in [-0.2, 0) is 9.53 Å². The zero-order chi connectivity index (χ0) is 11.4. The average molecular weight is 263 g/mol. The van der Waals surface area contributed by atoms with E-state index in [2.05, 4.69) is 5.32 Å². The maximum atomic E-state index is 12.2. The van der Waals surface area contributed by atoms with Crippen molar-refractivity contribution >= 4 is 18.3 Å². The summed E-state index contributed by atoms with van der Waals surface area (Å²) in [6.45, 7) is 2.17. The number of nitrogens with zero attached hydrogens (tertiary/aromatic N) is 1. The van der Waals surface area contributed by atoms with E-state index in [-0.39, 0.29) is 24.4 Å². The van der Waals surface area contributed by atoms with E-state index in [1.807, 2.05) is 11.9 Å². The molecule has 1 aliphatic carbocycles. The first-order chi connectivity index (χ1) is 7.79. The lowest BCUT2D eigenvalue weighted by Gasteiger charge is -2.34. The van der Waals surface area contributed by atoms with Gasteiger partial charge in [-0.1, -0.05) is 19.3 Å². The van der Waals surface area contributed by atoms with E-state index in [0.717, 1.165) is 19.4 Å². The van der Waals surface area contributed by atoms with E-state index in [1.54, 1.807) is 0 Å². The highest BCUT2D eigenvalue weighted by Gasteiger charge is 2.29. The molecule has 5 heteroatoms. The average Bonchev–Trinajstić information content (AvgIpc) is 2.39. The second-order valence-electron chi connectivity index (χ2n) is 4.80. The molecule has 2 rings (SSSR count). The van der Waals surface area contributed by atoms with Gasteiger partial charge in [-0.15, -0.1) is 12.4 Å². The van der Waals surface area contributed by atoms with Crippen molar-refractivity contribution in [2.24, 2.45) is 0 Å². The van der Waals surface area contributed by atoms with E-state index < -0.39 is 0 Å². The smallest absolute Gasteiger partial charge is 0.253 e. The number of ether oxygens (including phenoxy) is 1. The van der Waals surface area contributed by atoms with Gasteiger partial charge < -0.3 is 15.0 Å². The molecular weight excluding hydrogens is 240 g/mol. The molecule has 0 aromatic heterocycles.